The molecule has 7 heteroatoms. The molecule has 0 amide bonds. The molecule has 0 N–H and O–H groups in total. The number of ether oxygens (including phenoxy) is 4. The monoisotopic (exact) mass is 466 g/mol. The first-order valence-corrected chi connectivity index (χ1v) is 11.5. The van der Waals surface area contributed by atoms with Crippen molar-refractivity contribution in [2.45, 2.75) is 57.8 Å². The fourth-order valence-corrected chi connectivity index (χ4v) is 5.45. The lowest BCUT2D eigenvalue weighted by atomic mass is 9.81. The summed E-state index contributed by atoms with van der Waals surface area (Å²) in [6, 6.07) is 7.31. The van der Waals surface area contributed by atoms with E-state index in [2.05, 4.69) is 6.58 Å². The smallest absolute Gasteiger partial charge is 0.334 e. The summed E-state index contributed by atoms with van der Waals surface area (Å²) < 4.78 is 22.5. The molecule has 1 heterocycles. The Balaban J connectivity index is 1.58. The first kappa shape index (κ1) is 23.8. The second-order valence-electron chi connectivity index (χ2n) is 9.36. The van der Waals surface area contributed by atoms with Crippen LogP contribution in [0, 0.1) is 11.8 Å². The average Bonchev–Trinajstić information content (AvgIpc) is 3.22. The summed E-state index contributed by atoms with van der Waals surface area (Å²) in [5.41, 5.74) is 2.22. The number of carbonyl (C=O) groups is 3. The number of fused-ring (bicyclic) bond motifs is 3. The van der Waals surface area contributed by atoms with E-state index in [1.165, 1.54) is 13.0 Å². The van der Waals surface area contributed by atoms with Gasteiger partial charge in [-0.1, -0.05) is 18.7 Å². The molecule has 1 saturated heterocycles. The van der Waals surface area contributed by atoms with Crippen molar-refractivity contribution in [2.75, 3.05) is 7.11 Å². The van der Waals surface area contributed by atoms with E-state index in [1.807, 2.05) is 38.1 Å². The fourth-order valence-electron chi connectivity index (χ4n) is 5.45. The van der Waals surface area contributed by atoms with Gasteiger partial charge in [-0.15, -0.1) is 0 Å². The summed E-state index contributed by atoms with van der Waals surface area (Å²) in [6.07, 6.45) is 3.73. The van der Waals surface area contributed by atoms with Crippen LogP contribution in [0.3, 0.4) is 0 Å². The van der Waals surface area contributed by atoms with Crippen molar-refractivity contribution in [1.82, 2.24) is 0 Å². The van der Waals surface area contributed by atoms with Gasteiger partial charge in [0.25, 0.3) is 0 Å². The Bertz CT molecular complexity index is 1080. The minimum absolute atomic E-state index is 0.179. The van der Waals surface area contributed by atoms with Crippen LogP contribution in [0.25, 0.3) is 6.08 Å². The zero-order valence-corrected chi connectivity index (χ0v) is 20.0. The van der Waals surface area contributed by atoms with Crippen molar-refractivity contribution < 1.29 is 33.3 Å². The van der Waals surface area contributed by atoms with Gasteiger partial charge >= 0.3 is 17.9 Å². The highest BCUT2D eigenvalue weighted by Crippen LogP contribution is 2.53. The van der Waals surface area contributed by atoms with E-state index in [4.69, 9.17) is 18.9 Å². The van der Waals surface area contributed by atoms with Gasteiger partial charge in [0.05, 0.1) is 7.11 Å². The first-order chi connectivity index (χ1) is 16.1. The molecular formula is C27H30O7. The summed E-state index contributed by atoms with van der Waals surface area (Å²) in [5.74, 6) is -0.917. The van der Waals surface area contributed by atoms with Crippen molar-refractivity contribution in [2.24, 2.45) is 11.8 Å². The van der Waals surface area contributed by atoms with Crippen molar-refractivity contribution in [1.29, 1.82) is 0 Å². The van der Waals surface area contributed by atoms with Gasteiger partial charge in [-0.25, -0.2) is 9.59 Å². The molecule has 1 aliphatic heterocycles. The normalized spacial score (nSPS) is 30.5. The Morgan fingerprint density at radius 2 is 1.94 bits per heavy atom. The highest BCUT2D eigenvalue weighted by Gasteiger charge is 2.56. The number of carbonyl (C=O) groups excluding carboxylic acids is 3. The third kappa shape index (κ3) is 4.39. The quantitative estimate of drug-likeness (QED) is 0.279. The maximum Gasteiger partial charge on any atom is 0.334 e. The third-order valence-electron chi connectivity index (χ3n) is 7.23. The van der Waals surface area contributed by atoms with E-state index in [0.717, 1.165) is 22.5 Å². The Kier molecular flexibility index (Phi) is 6.39. The highest BCUT2D eigenvalue weighted by atomic mass is 16.6. The third-order valence-corrected chi connectivity index (χ3v) is 7.23. The zero-order valence-electron chi connectivity index (χ0n) is 20.0. The summed E-state index contributed by atoms with van der Waals surface area (Å²) in [7, 11) is 1.59. The SMILES string of the molecule is C=C1C(=O)O[C@@H]2C3=C(C)[C@@H](OC(=O)/C=C/c4ccc(OC)cc4)CC3[C@](C)(OC(C)=O)CC[C@@H]12. The molecule has 1 aromatic rings. The van der Waals surface area contributed by atoms with Crippen molar-refractivity contribution >= 4 is 24.0 Å². The van der Waals surface area contributed by atoms with Crippen LogP contribution in [0.15, 0.2) is 53.6 Å². The molecule has 4 rings (SSSR count). The topological polar surface area (TPSA) is 88.1 Å². The minimum Gasteiger partial charge on any atom is -0.497 e. The van der Waals surface area contributed by atoms with Gasteiger partial charge in [-0.2, -0.15) is 0 Å². The number of benzene rings is 1. The van der Waals surface area contributed by atoms with E-state index in [9.17, 15) is 14.4 Å². The van der Waals surface area contributed by atoms with Gasteiger partial charge in [0.15, 0.2) is 0 Å². The molecule has 1 unspecified atom stereocenters. The van der Waals surface area contributed by atoms with E-state index in [0.29, 0.717) is 24.8 Å². The van der Waals surface area contributed by atoms with Crippen LogP contribution < -0.4 is 4.74 Å². The molecule has 1 aromatic carbocycles. The second kappa shape index (κ2) is 9.12. The molecule has 0 radical (unpaired) electrons. The van der Waals surface area contributed by atoms with Crippen LogP contribution in [0.1, 0.15) is 45.6 Å². The molecule has 0 spiro atoms. The number of methoxy groups -OCH3 is 1. The molecule has 0 aromatic heterocycles. The molecule has 7 nitrogen and oxygen atoms in total. The number of hydrogen-bond donors (Lipinski definition) is 0. The van der Waals surface area contributed by atoms with E-state index in [-0.39, 0.29) is 17.8 Å². The Morgan fingerprint density at radius 1 is 1.24 bits per heavy atom. The van der Waals surface area contributed by atoms with Gasteiger partial charge < -0.3 is 18.9 Å². The summed E-state index contributed by atoms with van der Waals surface area (Å²) >= 11 is 0. The second-order valence-corrected chi connectivity index (χ2v) is 9.36. The van der Waals surface area contributed by atoms with Gasteiger partial charge in [-0.3, -0.25) is 4.79 Å². The van der Waals surface area contributed by atoms with E-state index >= 15 is 0 Å². The standard InChI is InChI=1S/C27H30O7/c1-15-20-12-13-27(4,34-17(3)28)21-14-22(16(2)24(21)25(20)33-26(15)30)32-23(29)11-8-18-6-9-19(31-5)10-7-18/h6-11,20-22,25H,1,12-14H2,2-5H3/b11-8+/t20-,21?,22-,25-,27+/m0/s1. The lowest BCUT2D eigenvalue weighted by molar-refractivity contribution is -0.162. The van der Waals surface area contributed by atoms with Crippen LogP contribution in [0.5, 0.6) is 5.75 Å². The van der Waals surface area contributed by atoms with Gasteiger partial charge in [0.1, 0.15) is 23.6 Å². The van der Waals surface area contributed by atoms with Crippen molar-refractivity contribution in [3.05, 3.63) is 59.2 Å². The summed E-state index contributed by atoms with van der Waals surface area (Å²) in [5, 5.41) is 0. The largest absolute Gasteiger partial charge is 0.497 e. The average molecular weight is 467 g/mol. The molecular weight excluding hydrogens is 436 g/mol. The van der Waals surface area contributed by atoms with Crippen molar-refractivity contribution in [3.63, 3.8) is 0 Å². The van der Waals surface area contributed by atoms with Gasteiger partial charge in [-0.05, 0) is 68.0 Å². The van der Waals surface area contributed by atoms with Crippen LogP contribution in [0.2, 0.25) is 0 Å². The lowest BCUT2D eigenvalue weighted by Crippen LogP contribution is -2.40. The molecule has 5 atom stereocenters. The predicted molar refractivity (Wildman–Crippen MR) is 125 cm³/mol. The lowest BCUT2D eigenvalue weighted by Gasteiger charge is -2.35. The Labute approximate surface area is 199 Å². The highest BCUT2D eigenvalue weighted by molar-refractivity contribution is 5.91. The molecule has 2 fully saturated rings. The molecule has 1 saturated carbocycles. The first-order valence-electron chi connectivity index (χ1n) is 11.5. The Morgan fingerprint density at radius 3 is 2.59 bits per heavy atom. The molecule has 0 bridgehead atoms. The summed E-state index contributed by atoms with van der Waals surface area (Å²) in [4.78, 5) is 36.9. The zero-order chi connectivity index (χ0) is 24.6. The van der Waals surface area contributed by atoms with Crippen LogP contribution in [-0.4, -0.2) is 42.8 Å². The maximum atomic E-state index is 12.6. The minimum atomic E-state index is -0.792. The van der Waals surface area contributed by atoms with Crippen LogP contribution in [0.4, 0.5) is 0 Å². The number of rotatable bonds is 5. The molecule has 3 aliphatic rings. The van der Waals surface area contributed by atoms with Crippen molar-refractivity contribution in [3.8, 4) is 5.75 Å². The number of esters is 3. The molecule has 34 heavy (non-hydrogen) atoms. The van der Waals surface area contributed by atoms with E-state index in [1.54, 1.807) is 13.2 Å². The van der Waals surface area contributed by atoms with E-state index < -0.39 is 29.7 Å². The molecule has 2 aliphatic carbocycles. The van der Waals surface area contributed by atoms with Gasteiger partial charge in [0, 0.05) is 30.4 Å². The maximum absolute atomic E-state index is 12.6. The number of hydrogen-bond acceptors (Lipinski definition) is 7. The summed E-state index contributed by atoms with van der Waals surface area (Å²) in [6.45, 7) is 9.13. The van der Waals surface area contributed by atoms with Crippen LogP contribution >= 0.6 is 0 Å². The predicted octanol–water partition coefficient (Wildman–Crippen LogP) is 4.17. The molecule has 180 valence electrons. The fraction of sp³-hybridized carbons (Fsp3) is 0.444. The van der Waals surface area contributed by atoms with Crippen LogP contribution in [-0.2, 0) is 28.6 Å². The Hall–Kier alpha value is -3.35. The van der Waals surface area contributed by atoms with Gasteiger partial charge in [0.2, 0.25) is 0 Å².